The fourth-order valence-electron chi connectivity index (χ4n) is 3.44. The highest BCUT2D eigenvalue weighted by molar-refractivity contribution is 7.89. The minimum Gasteiger partial charge on any atom is -0.478 e. The van der Waals surface area contributed by atoms with E-state index in [1.807, 2.05) is 0 Å². The first-order valence-corrected chi connectivity index (χ1v) is 9.96. The van der Waals surface area contributed by atoms with Crippen molar-refractivity contribution in [3.05, 3.63) is 40.3 Å². The molecule has 2 aromatic heterocycles. The predicted molar refractivity (Wildman–Crippen MR) is 99.5 cm³/mol. The zero-order chi connectivity index (χ0) is 19.2. The second kappa shape index (κ2) is 6.48. The van der Waals surface area contributed by atoms with E-state index in [1.165, 1.54) is 24.4 Å². The van der Waals surface area contributed by atoms with Crippen molar-refractivity contribution in [1.82, 2.24) is 20.0 Å². The van der Waals surface area contributed by atoms with Gasteiger partial charge in [-0.05, 0) is 43.6 Å². The number of pyridine rings is 1. The van der Waals surface area contributed by atoms with Crippen LogP contribution in [0.25, 0.3) is 21.8 Å². The number of hydrogen-bond acceptors (Lipinski definition) is 5. The Labute approximate surface area is 153 Å². The third-order valence-corrected chi connectivity index (χ3v) is 6.30. The Hall–Kier alpha value is -2.69. The number of benzene rings is 1. The maximum atomic E-state index is 12.7. The van der Waals surface area contributed by atoms with E-state index in [1.54, 1.807) is 0 Å². The molecule has 1 aliphatic heterocycles. The first-order chi connectivity index (χ1) is 12.9. The Morgan fingerprint density at radius 3 is 2.85 bits per heavy atom. The van der Waals surface area contributed by atoms with E-state index < -0.39 is 21.6 Å². The summed E-state index contributed by atoms with van der Waals surface area (Å²) >= 11 is 0. The molecule has 27 heavy (non-hydrogen) atoms. The van der Waals surface area contributed by atoms with Crippen LogP contribution in [-0.2, 0) is 10.0 Å². The number of aromatic amines is 2. The zero-order valence-corrected chi connectivity index (χ0v) is 15.0. The topological polar surface area (TPSA) is 144 Å². The molecule has 0 bridgehead atoms. The molecular formula is C17H18N4O5S. The third kappa shape index (κ3) is 3.11. The molecule has 9 nitrogen and oxygen atoms in total. The average molecular weight is 390 g/mol. The molecule has 0 saturated carbocycles. The van der Waals surface area contributed by atoms with Gasteiger partial charge < -0.3 is 20.4 Å². The molecule has 0 spiro atoms. The van der Waals surface area contributed by atoms with E-state index in [2.05, 4.69) is 20.0 Å². The smallest absolute Gasteiger partial charge is 0.337 e. The molecule has 0 amide bonds. The predicted octanol–water partition coefficient (Wildman–Crippen LogP) is 0.595. The van der Waals surface area contributed by atoms with Crippen LogP contribution in [0.2, 0.25) is 0 Å². The van der Waals surface area contributed by atoms with Crippen molar-refractivity contribution in [3.63, 3.8) is 0 Å². The van der Waals surface area contributed by atoms with Crippen molar-refractivity contribution in [1.29, 1.82) is 0 Å². The molecule has 1 saturated heterocycles. The molecule has 0 aliphatic carbocycles. The van der Waals surface area contributed by atoms with Crippen LogP contribution < -0.4 is 15.6 Å². The highest BCUT2D eigenvalue weighted by atomic mass is 32.2. The first kappa shape index (κ1) is 17.7. The number of aromatic carboxylic acids is 1. The van der Waals surface area contributed by atoms with Crippen LogP contribution in [0.5, 0.6) is 0 Å². The van der Waals surface area contributed by atoms with Crippen LogP contribution in [-0.4, -0.2) is 49.1 Å². The van der Waals surface area contributed by atoms with Crippen molar-refractivity contribution in [2.45, 2.75) is 11.3 Å². The second-order valence-electron chi connectivity index (χ2n) is 6.63. The number of aromatic nitrogens is 2. The van der Waals surface area contributed by atoms with Gasteiger partial charge in [-0.2, -0.15) is 0 Å². The largest absolute Gasteiger partial charge is 0.478 e. The van der Waals surface area contributed by atoms with Crippen LogP contribution >= 0.6 is 0 Å². The Bertz CT molecular complexity index is 1210. The first-order valence-electron chi connectivity index (χ1n) is 8.47. The van der Waals surface area contributed by atoms with E-state index in [4.69, 9.17) is 0 Å². The highest BCUT2D eigenvalue weighted by Crippen LogP contribution is 2.27. The molecule has 3 aromatic rings. The molecule has 1 unspecified atom stereocenters. The SMILES string of the molecule is O=C(O)c1c[nH]c2c(=O)[nH]c3ccc(S(=O)(=O)NCC4CCNC4)cc3c12. The molecule has 1 aliphatic rings. The highest BCUT2D eigenvalue weighted by Gasteiger charge is 2.22. The lowest BCUT2D eigenvalue weighted by Gasteiger charge is -2.11. The molecular weight excluding hydrogens is 372 g/mol. The summed E-state index contributed by atoms with van der Waals surface area (Å²) in [6.45, 7) is 1.98. The van der Waals surface area contributed by atoms with Crippen LogP contribution in [0.15, 0.2) is 34.1 Å². The molecule has 1 aromatic carbocycles. The van der Waals surface area contributed by atoms with E-state index in [-0.39, 0.29) is 27.3 Å². The van der Waals surface area contributed by atoms with Gasteiger partial charge in [0.1, 0.15) is 5.52 Å². The maximum Gasteiger partial charge on any atom is 0.337 e. The van der Waals surface area contributed by atoms with E-state index >= 15 is 0 Å². The minimum absolute atomic E-state index is 0.0202. The van der Waals surface area contributed by atoms with E-state index in [0.29, 0.717) is 17.4 Å². The molecule has 142 valence electrons. The number of sulfonamides is 1. The molecule has 5 N–H and O–H groups in total. The Morgan fingerprint density at radius 2 is 2.15 bits per heavy atom. The molecule has 4 rings (SSSR count). The van der Waals surface area contributed by atoms with Gasteiger partial charge in [0.15, 0.2) is 0 Å². The Morgan fingerprint density at radius 1 is 1.33 bits per heavy atom. The van der Waals surface area contributed by atoms with Crippen LogP contribution in [0.4, 0.5) is 0 Å². The van der Waals surface area contributed by atoms with E-state index in [0.717, 1.165) is 19.5 Å². The van der Waals surface area contributed by atoms with Crippen molar-refractivity contribution in [2.24, 2.45) is 5.92 Å². The summed E-state index contributed by atoms with van der Waals surface area (Å²) in [6.07, 6.45) is 2.14. The molecule has 3 heterocycles. The molecule has 0 radical (unpaired) electrons. The van der Waals surface area contributed by atoms with Gasteiger partial charge in [0.25, 0.3) is 5.56 Å². The number of carboxylic acids is 1. The normalized spacial score (nSPS) is 17.7. The maximum absolute atomic E-state index is 12.7. The van der Waals surface area contributed by atoms with Gasteiger partial charge in [0.2, 0.25) is 10.0 Å². The van der Waals surface area contributed by atoms with Gasteiger partial charge in [0, 0.05) is 29.0 Å². The number of nitrogens with one attached hydrogen (secondary N) is 4. The number of carboxylic acid groups (broad SMARTS) is 1. The lowest BCUT2D eigenvalue weighted by Crippen LogP contribution is -2.30. The van der Waals surface area contributed by atoms with Gasteiger partial charge in [0.05, 0.1) is 10.5 Å². The van der Waals surface area contributed by atoms with E-state index in [9.17, 15) is 23.1 Å². The van der Waals surface area contributed by atoms with Gasteiger partial charge in [-0.15, -0.1) is 0 Å². The van der Waals surface area contributed by atoms with Gasteiger partial charge in [-0.25, -0.2) is 17.9 Å². The minimum atomic E-state index is -3.76. The van der Waals surface area contributed by atoms with Crippen molar-refractivity contribution in [2.75, 3.05) is 19.6 Å². The summed E-state index contributed by atoms with van der Waals surface area (Å²) < 4.78 is 27.9. The molecule has 1 atom stereocenters. The summed E-state index contributed by atoms with van der Waals surface area (Å²) in [4.78, 5) is 28.9. The van der Waals surface area contributed by atoms with Gasteiger partial charge >= 0.3 is 5.97 Å². The zero-order valence-electron chi connectivity index (χ0n) is 14.2. The summed E-state index contributed by atoms with van der Waals surface area (Å²) in [5.41, 5.74) is -0.0823. The molecule has 10 heteroatoms. The van der Waals surface area contributed by atoms with Gasteiger partial charge in [-0.1, -0.05) is 0 Å². The Balaban J connectivity index is 1.82. The lowest BCUT2D eigenvalue weighted by atomic mass is 10.1. The number of fused-ring (bicyclic) bond motifs is 3. The number of hydrogen-bond donors (Lipinski definition) is 5. The second-order valence-corrected chi connectivity index (χ2v) is 8.40. The Kier molecular flexibility index (Phi) is 4.25. The van der Waals surface area contributed by atoms with Crippen LogP contribution in [0.1, 0.15) is 16.8 Å². The van der Waals surface area contributed by atoms with Crippen LogP contribution in [0, 0.1) is 5.92 Å². The van der Waals surface area contributed by atoms with Crippen LogP contribution in [0.3, 0.4) is 0 Å². The standard InChI is InChI=1S/C17H18N4O5S/c22-16-15-14(12(8-19-15)17(23)24)11-5-10(1-2-13(11)21-16)27(25,26)20-7-9-3-4-18-6-9/h1-2,5,8-9,18-20H,3-4,6-7H2,(H,21,22)(H,23,24). The fourth-order valence-corrected chi connectivity index (χ4v) is 4.58. The third-order valence-electron chi connectivity index (χ3n) is 4.88. The molecule has 1 fully saturated rings. The van der Waals surface area contributed by atoms with Crippen molar-refractivity contribution < 1.29 is 18.3 Å². The number of rotatable bonds is 5. The lowest BCUT2D eigenvalue weighted by molar-refractivity contribution is 0.0699. The number of H-pyrrole nitrogens is 2. The van der Waals surface area contributed by atoms with Crippen molar-refractivity contribution >= 4 is 37.8 Å². The fraction of sp³-hybridized carbons (Fsp3) is 0.294. The quantitative estimate of drug-likeness (QED) is 0.431. The monoisotopic (exact) mass is 390 g/mol. The van der Waals surface area contributed by atoms with Gasteiger partial charge in [-0.3, -0.25) is 4.79 Å². The number of carbonyl (C=O) groups is 1. The summed E-state index contributed by atoms with van der Waals surface area (Å²) in [5, 5.41) is 13.1. The summed E-state index contributed by atoms with van der Waals surface area (Å²) in [5.74, 6) is -0.958. The summed E-state index contributed by atoms with van der Waals surface area (Å²) in [7, 11) is -3.76. The van der Waals surface area contributed by atoms with Crippen molar-refractivity contribution in [3.8, 4) is 0 Å². The summed E-state index contributed by atoms with van der Waals surface area (Å²) in [6, 6.07) is 4.26. The average Bonchev–Trinajstić information content (AvgIpc) is 3.30.